The molecule has 6 nitrogen and oxygen atoms in total. The summed E-state index contributed by atoms with van der Waals surface area (Å²) in [6.45, 7) is 4.84. The van der Waals surface area contributed by atoms with E-state index in [9.17, 15) is 13.2 Å². The highest BCUT2D eigenvalue weighted by molar-refractivity contribution is 7.86. The Labute approximate surface area is 232 Å². The van der Waals surface area contributed by atoms with E-state index in [1.54, 1.807) is 30.3 Å². The van der Waals surface area contributed by atoms with Crippen molar-refractivity contribution in [3.8, 4) is 0 Å². The molecule has 7 heteroatoms. The number of rotatable bonds is 9. The molecule has 0 unspecified atom stereocenters. The number of benzene rings is 4. The van der Waals surface area contributed by atoms with E-state index in [0.717, 1.165) is 17.5 Å². The first-order valence-corrected chi connectivity index (χ1v) is 14.4. The predicted octanol–water partition coefficient (Wildman–Crippen LogP) is 6.36. The molecule has 0 saturated heterocycles. The van der Waals surface area contributed by atoms with Crippen LogP contribution >= 0.6 is 0 Å². The maximum absolute atomic E-state index is 12.3. The molecular weight excluding hydrogens is 510 g/mol. The molecule has 206 valence electrons. The van der Waals surface area contributed by atoms with E-state index in [1.165, 1.54) is 11.6 Å². The monoisotopic (exact) mass is 547 g/mol. The minimum atomic E-state index is -4.13. The number of hydrogen-bond acceptors (Lipinski definition) is 5. The Morgan fingerprint density at radius 2 is 1.44 bits per heavy atom. The Morgan fingerprint density at radius 3 is 2.03 bits per heavy atom. The summed E-state index contributed by atoms with van der Waals surface area (Å²) in [7, 11) is -0.0254. The van der Waals surface area contributed by atoms with Gasteiger partial charge in [-0.25, -0.2) is 0 Å². The molecule has 0 aromatic heterocycles. The van der Waals surface area contributed by atoms with E-state index in [4.69, 9.17) is 9.29 Å². The van der Waals surface area contributed by atoms with Gasteiger partial charge >= 0.3 is 5.97 Å². The van der Waals surface area contributed by atoms with Gasteiger partial charge in [-0.1, -0.05) is 111 Å². The molecule has 0 aliphatic rings. The number of nitrogens with zero attached hydrogens (tertiary/aromatic N) is 1. The van der Waals surface area contributed by atoms with Gasteiger partial charge in [-0.05, 0) is 36.7 Å². The van der Waals surface area contributed by atoms with Gasteiger partial charge in [-0.2, -0.15) is 8.42 Å². The van der Waals surface area contributed by atoms with Crippen molar-refractivity contribution in [3.63, 3.8) is 0 Å². The summed E-state index contributed by atoms with van der Waals surface area (Å²) in [5.74, 6) is -0.0222. The van der Waals surface area contributed by atoms with Crippen LogP contribution in [0.1, 0.15) is 31.4 Å². The first kappa shape index (κ1) is 30.0. The highest BCUT2D eigenvalue weighted by Crippen LogP contribution is 2.38. The van der Waals surface area contributed by atoms with Crippen molar-refractivity contribution in [2.75, 3.05) is 20.6 Å². The van der Waals surface area contributed by atoms with Gasteiger partial charge < -0.3 is 9.64 Å². The Bertz CT molecular complexity index is 1450. The fraction of sp³-hybridized carbons (Fsp3) is 0.281. The highest BCUT2D eigenvalue weighted by Gasteiger charge is 2.42. The number of carbonyl (C=O) groups excluding carboxylic acids is 1. The molecule has 0 amide bonds. The van der Waals surface area contributed by atoms with Gasteiger partial charge in [0.25, 0.3) is 10.1 Å². The third kappa shape index (κ3) is 7.99. The molecule has 0 fully saturated rings. The van der Waals surface area contributed by atoms with Crippen LogP contribution in [0.15, 0.2) is 108 Å². The Kier molecular flexibility index (Phi) is 10.4. The second-order valence-electron chi connectivity index (χ2n) is 9.86. The molecule has 0 aliphatic heterocycles. The van der Waals surface area contributed by atoms with E-state index < -0.39 is 15.7 Å². The predicted molar refractivity (Wildman–Crippen MR) is 156 cm³/mol. The van der Waals surface area contributed by atoms with Gasteiger partial charge in [0.1, 0.15) is 10.5 Å². The van der Waals surface area contributed by atoms with Crippen LogP contribution in [-0.4, -0.2) is 44.5 Å². The molecule has 0 heterocycles. The number of fused-ring (bicyclic) bond motifs is 1. The van der Waals surface area contributed by atoms with Crippen LogP contribution in [0, 0.1) is 5.92 Å². The summed E-state index contributed by atoms with van der Waals surface area (Å²) >= 11 is 0. The molecule has 0 bridgehead atoms. The number of ether oxygens (including phenoxy) is 1. The zero-order valence-electron chi connectivity index (χ0n) is 22.9. The summed E-state index contributed by atoms with van der Waals surface area (Å²) in [4.78, 5) is 14.4. The molecule has 0 spiro atoms. The van der Waals surface area contributed by atoms with Crippen molar-refractivity contribution < 1.29 is 22.5 Å². The van der Waals surface area contributed by atoms with E-state index in [-0.39, 0.29) is 16.8 Å². The average Bonchev–Trinajstić information content (AvgIpc) is 2.92. The SMILES string of the molecule is CCC(=O)O[C@](Cc1ccccc1)(c1ccccc1)[C@H](C)CN(C)C.O=S(=O)(O)c1cccc2ccccc12. The molecule has 4 aromatic carbocycles. The van der Waals surface area contributed by atoms with Gasteiger partial charge in [0.15, 0.2) is 0 Å². The minimum absolute atomic E-state index is 0.0457. The normalized spacial score (nSPS) is 13.7. The third-order valence-corrected chi connectivity index (χ3v) is 7.53. The van der Waals surface area contributed by atoms with Gasteiger partial charge in [-0.3, -0.25) is 9.35 Å². The van der Waals surface area contributed by atoms with Crippen molar-refractivity contribution in [1.82, 2.24) is 4.90 Å². The van der Waals surface area contributed by atoms with Crippen LogP contribution in [0.4, 0.5) is 0 Å². The summed E-state index contributed by atoms with van der Waals surface area (Å²) in [5, 5.41) is 1.33. The number of hydrogen-bond donors (Lipinski definition) is 1. The van der Waals surface area contributed by atoms with Gasteiger partial charge in [0.05, 0.1) is 0 Å². The molecular formula is C32H37NO5S. The second-order valence-corrected chi connectivity index (χ2v) is 11.3. The van der Waals surface area contributed by atoms with Crippen molar-refractivity contribution in [2.24, 2.45) is 5.92 Å². The van der Waals surface area contributed by atoms with Crippen molar-refractivity contribution in [2.45, 2.75) is 37.2 Å². The smallest absolute Gasteiger partial charge is 0.306 e. The van der Waals surface area contributed by atoms with Crippen LogP contribution in [0.25, 0.3) is 10.8 Å². The zero-order chi connectivity index (χ0) is 28.5. The Morgan fingerprint density at radius 1 is 0.872 bits per heavy atom. The summed E-state index contributed by atoms with van der Waals surface area (Å²) in [5.41, 5.74) is 1.54. The highest BCUT2D eigenvalue weighted by atomic mass is 32.2. The zero-order valence-corrected chi connectivity index (χ0v) is 23.8. The maximum atomic E-state index is 12.3. The van der Waals surface area contributed by atoms with Crippen LogP contribution in [0.2, 0.25) is 0 Å². The Balaban J connectivity index is 0.000000252. The lowest BCUT2D eigenvalue weighted by Gasteiger charge is -2.40. The largest absolute Gasteiger partial charge is 0.453 e. The van der Waals surface area contributed by atoms with Gasteiger partial charge in [-0.15, -0.1) is 0 Å². The van der Waals surface area contributed by atoms with E-state index in [2.05, 4.69) is 50.2 Å². The molecule has 0 aliphatic carbocycles. The number of carbonyl (C=O) groups is 1. The fourth-order valence-electron chi connectivity index (χ4n) is 4.77. The average molecular weight is 548 g/mol. The molecule has 0 saturated carbocycles. The van der Waals surface area contributed by atoms with Crippen LogP contribution in [-0.2, 0) is 31.7 Å². The van der Waals surface area contributed by atoms with Crippen LogP contribution in [0.5, 0.6) is 0 Å². The molecule has 39 heavy (non-hydrogen) atoms. The molecule has 0 radical (unpaired) electrons. The summed E-state index contributed by atoms with van der Waals surface area (Å²) in [6.07, 6.45) is 1.04. The lowest BCUT2D eigenvalue weighted by atomic mass is 9.77. The van der Waals surface area contributed by atoms with Gasteiger partial charge in [0, 0.05) is 30.7 Å². The summed E-state index contributed by atoms with van der Waals surface area (Å²) in [6, 6.07) is 32.2. The first-order chi connectivity index (χ1) is 18.6. The van der Waals surface area contributed by atoms with Crippen LogP contribution in [0.3, 0.4) is 0 Å². The standard InChI is InChI=1S/C22H29NO2.C10H8O3S/c1-5-21(24)25-22(18(2)17-23(3)4,20-14-10-7-11-15-20)16-19-12-8-6-9-13-19;11-14(12,13)10-7-3-5-8-4-1-2-6-9(8)10/h6-15,18H,5,16-17H2,1-4H3;1-7H,(H,11,12,13)/t18-,22+;/m1./s1. The maximum Gasteiger partial charge on any atom is 0.306 e. The second kappa shape index (κ2) is 13.5. The van der Waals surface area contributed by atoms with Gasteiger partial charge in [0.2, 0.25) is 0 Å². The number of esters is 1. The quantitative estimate of drug-likeness (QED) is 0.194. The first-order valence-electron chi connectivity index (χ1n) is 13.0. The molecule has 4 aromatic rings. The van der Waals surface area contributed by atoms with Crippen molar-refractivity contribution >= 4 is 26.9 Å². The van der Waals surface area contributed by atoms with E-state index in [0.29, 0.717) is 18.2 Å². The topological polar surface area (TPSA) is 83.9 Å². The molecule has 1 N–H and O–H groups in total. The lowest BCUT2D eigenvalue weighted by molar-refractivity contribution is -0.168. The summed E-state index contributed by atoms with van der Waals surface area (Å²) < 4.78 is 37.1. The third-order valence-electron chi connectivity index (χ3n) is 6.62. The van der Waals surface area contributed by atoms with Crippen molar-refractivity contribution in [3.05, 3.63) is 114 Å². The molecule has 4 rings (SSSR count). The molecule has 2 atom stereocenters. The van der Waals surface area contributed by atoms with Crippen molar-refractivity contribution in [1.29, 1.82) is 0 Å². The lowest BCUT2D eigenvalue weighted by Crippen LogP contribution is -2.44. The van der Waals surface area contributed by atoms with Crippen LogP contribution < -0.4 is 0 Å². The Hall–Kier alpha value is -3.52. The fourth-order valence-corrected chi connectivity index (χ4v) is 5.48. The minimum Gasteiger partial charge on any atom is -0.453 e. The van der Waals surface area contributed by atoms with E-state index >= 15 is 0 Å². The van der Waals surface area contributed by atoms with E-state index in [1.807, 2.05) is 49.4 Å².